The van der Waals surface area contributed by atoms with Crippen LogP contribution >= 0.6 is 0 Å². The summed E-state index contributed by atoms with van der Waals surface area (Å²) in [5.41, 5.74) is 2.57. The maximum Gasteiger partial charge on any atom is 0.207 e. The lowest BCUT2D eigenvalue weighted by molar-refractivity contribution is -0.110. The van der Waals surface area contributed by atoms with Crippen LogP contribution in [-0.4, -0.2) is 17.4 Å². The highest BCUT2D eigenvalue weighted by atomic mass is 19.1. The standard InChI is InChI=1S/C22H21F3N2O/c23-15-6-4-14(5-7-15)21-18(3-1-2-13-8-17(9-13)26-12-28)19-10-16(24)11-20(25)22(19)27-21/h4-7,10-13,17,27H,1-3,8-9H2,(H,26,28). The van der Waals surface area contributed by atoms with Gasteiger partial charge in [-0.25, -0.2) is 13.2 Å². The van der Waals surface area contributed by atoms with Crippen LogP contribution in [0.3, 0.4) is 0 Å². The Morgan fingerprint density at radius 3 is 2.54 bits per heavy atom. The van der Waals surface area contributed by atoms with Crippen LogP contribution in [0.15, 0.2) is 36.4 Å². The van der Waals surface area contributed by atoms with Crippen LogP contribution in [0.25, 0.3) is 22.2 Å². The predicted octanol–water partition coefficient (Wildman–Crippen LogP) is 5.10. The van der Waals surface area contributed by atoms with E-state index < -0.39 is 11.6 Å². The van der Waals surface area contributed by atoms with Crippen LogP contribution < -0.4 is 5.32 Å². The molecule has 28 heavy (non-hydrogen) atoms. The van der Waals surface area contributed by atoms with Crippen molar-refractivity contribution in [3.8, 4) is 11.3 Å². The molecule has 2 N–H and O–H groups in total. The second-order valence-electron chi connectivity index (χ2n) is 7.51. The molecular formula is C22H21F3N2O. The van der Waals surface area contributed by atoms with E-state index in [1.807, 2.05) is 0 Å². The summed E-state index contributed by atoms with van der Waals surface area (Å²) in [6.45, 7) is 0. The molecule has 0 saturated heterocycles. The second-order valence-corrected chi connectivity index (χ2v) is 7.51. The van der Waals surface area contributed by atoms with E-state index in [4.69, 9.17) is 0 Å². The van der Waals surface area contributed by atoms with E-state index in [-0.39, 0.29) is 17.4 Å². The molecular weight excluding hydrogens is 365 g/mol. The Labute approximate surface area is 161 Å². The molecule has 1 aliphatic rings. The molecule has 1 heterocycles. The molecule has 4 rings (SSSR count). The molecule has 0 atom stereocenters. The number of carbonyl (C=O) groups excluding carboxylic acids is 1. The Morgan fingerprint density at radius 2 is 1.82 bits per heavy atom. The van der Waals surface area contributed by atoms with E-state index in [9.17, 15) is 18.0 Å². The van der Waals surface area contributed by atoms with Gasteiger partial charge in [0.05, 0.1) is 5.52 Å². The number of carbonyl (C=O) groups is 1. The SMILES string of the molecule is O=CNC1CC(CCCc2c(-c3ccc(F)cc3)[nH]c3c(F)cc(F)cc23)C1. The van der Waals surface area contributed by atoms with Crippen molar-refractivity contribution in [1.29, 1.82) is 0 Å². The normalized spacial score (nSPS) is 18.8. The third-order valence-electron chi connectivity index (χ3n) is 5.64. The van der Waals surface area contributed by atoms with Gasteiger partial charge in [-0.1, -0.05) is 0 Å². The van der Waals surface area contributed by atoms with Gasteiger partial charge in [-0.3, -0.25) is 4.79 Å². The fourth-order valence-corrected chi connectivity index (χ4v) is 4.17. The van der Waals surface area contributed by atoms with Gasteiger partial charge in [0.25, 0.3) is 0 Å². The summed E-state index contributed by atoms with van der Waals surface area (Å²) < 4.78 is 41.4. The topological polar surface area (TPSA) is 44.9 Å². The highest BCUT2D eigenvalue weighted by Gasteiger charge is 2.28. The zero-order valence-electron chi connectivity index (χ0n) is 15.3. The van der Waals surface area contributed by atoms with Crippen molar-refractivity contribution in [1.82, 2.24) is 10.3 Å². The zero-order valence-corrected chi connectivity index (χ0v) is 15.3. The Balaban J connectivity index is 1.59. The van der Waals surface area contributed by atoms with Crippen molar-refractivity contribution >= 4 is 17.3 Å². The highest BCUT2D eigenvalue weighted by Crippen LogP contribution is 2.36. The first-order valence-corrected chi connectivity index (χ1v) is 9.50. The number of fused-ring (bicyclic) bond motifs is 1. The van der Waals surface area contributed by atoms with Crippen molar-refractivity contribution in [2.24, 2.45) is 5.92 Å². The van der Waals surface area contributed by atoms with E-state index in [0.717, 1.165) is 49.3 Å². The molecule has 3 aromatic rings. The van der Waals surface area contributed by atoms with Crippen LogP contribution in [0, 0.1) is 23.4 Å². The summed E-state index contributed by atoms with van der Waals surface area (Å²) in [6, 6.07) is 8.48. The Kier molecular flexibility index (Phi) is 5.11. The first-order valence-electron chi connectivity index (χ1n) is 9.50. The minimum atomic E-state index is -0.633. The van der Waals surface area contributed by atoms with Crippen LogP contribution in [0.5, 0.6) is 0 Å². The summed E-state index contributed by atoms with van der Waals surface area (Å²) in [7, 11) is 0. The van der Waals surface area contributed by atoms with E-state index in [0.29, 0.717) is 23.4 Å². The average Bonchev–Trinajstić information content (AvgIpc) is 2.99. The highest BCUT2D eigenvalue weighted by molar-refractivity contribution is 5.91. The number of hydrogen-bond donors (Lipinski definition) is 2. The monoisotopic (exact) mass is 386 g/mol. The molecule has 0 aliphatic heterocycles. The van der Waals surface area contributed by atoms with E-state index in [1.165, 1.54) is 18.2 Å². The Morgan fingerprint density at radius 1 is 1.07 bits per heavy atom. The number of aryl methyl sites for hydroxylation is 1. The van der Waals surface area contributed by atoms with Gasteiger partial charge in [0.1, 0.15) is 17.5 Å². The number of hydrogen-bond acceptors (Lipinski definition) is 1. The van der Waals surface area contributed by atoms with Crippen LogP contribution in [0.1, 0.15) is 31.2 Å². The van der Waals surface area contributed by atoms with E-state index in [2.05, 4.69) is 10.3 Å². The average molecular weight is 386 g/mol. The Bertz CT molecular complexity index is 991. The number of halogens is 3. The molecule has 2 aromatic carbocycles. The van der Waals surface area contributed by atoms with Crippen molar-refractivity contribution in [3.05, 3.63) is 59.4 Å². The lowest BCUT2D eigenvalue weighted by Crippen LogP contribution is -2.40. The van der Waals surface area contributed by atoms with E-state index in [1.54, 1.807) is 12.1 Å². The molecule has 1 fully saturated rings. The van der Waals surface area contributed by atoms with Gasteiger partial charge in [0.15, 0.2) is 0 Å². The number of rotatable bonds is 7. The van der Waals surface area contributed by atoms with Gasteiger partial charge in [-0.05, 0) is 79.5 Å². The fraction of sp³-hybridized carbons (Fsp3) is 0.318. The lowest BCUT2D eigenvalue weighted by atomic mass is 9.77. The van der Waals surface area contributed by atoms with Crippen LogP contribution in [-0.2, 0) is 11.2 Å². The molecule has 1 saturated carbocycles. The number of aromatic amines is 1. The molecule has 1 aromatic heterocycles. The first kappa shape index (κ1) is 18.6. The number of aromatic nitrogens is 1. The third-order valence-corrected chi connectivity index (χ3v) is 5.64. The minimum Gasteiger partial charge on any atom is -0.356 e. The summed E-state index contributed by atoms with van der Waals surface area (Å²) in [6.07, 6.45) is 5.21. The van der Waals surface area contributed by atoms with Gasteiger partial charge >= 0.3 is 0 Å². The van der Waals surface area contributed by atoms with Crippen molar-refractivity contribution < 1.29 is 18.0 Å². The van der Waals surface area contributed by atoms with Gasteiger partial charge in [0.2, 0.25) is 6.41 Å². The van der Waals surface area contributed by atoms with Gasteiger partial charge in [0, 0.05) is 23.2 Å². The molecule has 3 nitrogen and oxygen atoms in total. The van der Waals surface area contributed by atoms with Gasteiger partial charge < -0.3 is 10.3 Å². The summed E-state index contributed by atoms with van der Waals surface area (Å²) in [5.74, 6) is -1.03. The Hall–Kier alpha value is -2.76. The summed E-state index contributed by atoms with van der Waals surface area (Å²) in [4.78, 5) is 13.5. The summed E-state index contributed by atoms with van der Waals surface area (Å²) in [5, 5.41) is 3.32. The quantitative estimate of drug-likeness (QED) is 0.545. The molecule has 146 valence electrons. The van der Waals surface area contributed by atoms with Crippen molar-refractivity contribution in [2.45, 2.75) is 38.1 Å². The molecule has 0 radical (unpaired) electrons. The van der Waals surface area contributed by atoms with Crippen LogP contribution in [0.4, 0.5) is 13.2 Å². The maximum absolute atomic E-state index is 14.3. The van der Waals surface area contributed by atoms with Gasteiger partial charge in [-0.15, -0.1) is 0 Å². The second kappa shape index (κ2) is 7.70. The minimum absolute atomic E-state index is 0.272. The fourth-order valence-electron chi connectivity index (χ4n) is 4.17. The maximum atomic E-state index is 14.3. The summed E-state index contributed by atoms with van der Waals surface area (Å²) >= 11 is 0. The van der Waals surface area contributed by atoms with Crippen molar-refractivity contribution in [3.63, 3.8) is 0 Å². The van der Waals surface area contributed by atoms with Crippen LogP contribution in [0.2, 0.25) is 0 Å². The molecule has 1 amide bonds. The molecule has 0 unspecified atom stereocenters. The van der Waals surface area contributed by atoms with Crippen molar-refractivity contribution in [2.75, 3.05) is 0 Å². The third kappa shape index (κ3) is 3.63. The molecule has 0 bridgehead atoms. The number of amides is 1. The van der Waals surface area contributed by atoms with E-state index >= 15 is 0 Å². The molecule has 1 aliphatic carbocycles. The van der Waals surface area contributed by atoms with Gasteiger partial charge in [-0.2, -0.15) is 0 Å². The smallest absolute Gasteiger partial charge is 0.207 e. The largest absolute Gasteiger partial charge is 0.356 e. The molecule has 0 spiro atoms. The predicted molar refractivity (Wildman–Crippen MR) is 102 cm³/mol. The molecule has 6 heteroatoms. The first-order chi connectivity index (χ1) is 13.5. The number of benzene rings is 2. The number of nitrogens with one attached hydrogen (secondary N) is 2. The lowest BCUT2D eigenvalue weighted by Gasteiger charge is -2.34. The zero-order chi connectivity index (χ0) is 19.7. The number of H-pyrrole nitrogens is 1.